The largest absolute Gasteiger partial charge is 0.393 e. The molecule has 1 saturated heterocycles. The molecule has 0 unspecified atom stereocenters. The average molecular weight is 264 g/mol. The highest BCUT2D eigenvalue weighted by molar-refractivity contribution is 7.89. The van der Waals surface area contributed by atoms with Crippen molar-refractivity contribution >= 4 is 10.0 Å². The minimum Gasteiger partial charge on any atom is -0.393 e. The van der Waals surface area contributed by atoms with Crippen molar-refractivity contribution < 1.29 is 13.5 Å². The third kappa shape index (κ3) is 5.33. The van der Waals surface area contributed by atoms with E-state index >= 15 is 0 Å². The van der Waals surface area contributed by atoms with Gasteiger partial charge in [0.25, 0.3) is 0 Å². The minimum absolute atomic E-state index is 0.197. The van der Waals surface area contributed by atoms with E-state index in [-0.39, 0.29) is 11.9 Å². The Kier molecular flexibility index (Phi) is 5.85. The molecular weight excluding hydrogens is 240 g/mol. The fourth-order valence-electron chi connectivity index (χ4n) is 1.89. The normalized spacial score (nSPS) is 20.0. The van der Waals surface area contributed by atoms with Gasteiger partial charge < -0.3 is 10.4 Å². The summed E-state index contributed by atoms with van der Waals surface area (Å²) < 4.78 is 25.4. The van der Waals surface area contributed by atoms with Gasteiger partial charge in [-0.1, -0.05) is 13.8 Å². The lowest BCUT2D eigenvalue weighted by Crippen LogP contribution is -2.41. The number of sulfonamides is 1. The first-order valence-electron chi connectivity index (χ1n) is 6.31. The molecule has 0 spiro atoms. The van der Waals surface area contributed by atoms with Gasteiger partial charge in [0.1, 0.15) is 0 Å². The quantitative estimate of drug-likeness (QED) is 0.671. The number of hydrogen-bond donors (Lipinski definition) is 2. The predicted octanol–water partition coefficient (Wildman–Crippen LogP) is 0.161. The van der Waals surface area contributed by atoms with Crippen LogP contribution < -0.4 is 5.32 Å². The van der Waals surface area contributed by atoms with Crippen LogP contribution in [0.5, 0.6) is 0 Å². The van der Waals surface area contributed by atoms with Gasteiger partial charge in [-0.3, -0.25) is 0 Å². The summed E-state index contributed by atoms with van der Waals surface area (Å²) in [5, 5.41) is 12.5. The van der Waals surface area contributed by atoms with Crippen LogP contribution in [0, 0.1) is 0 Å². The van der Waals surface area contributed by atoms with Crippen LogP contribution in [0.25, 0.3) is 0 Å². The molecule has 5 nitrogen and oxygen atoms in total. The number of nitrogens with one attached hydrogen (secondary N) is 1. The number of hydrogen-bond acceptors (Lipinski definition) is 4. The first-order chi connectivity index (χ1) is 7.92. The van der Waals surface area contributed by atoms with Gasteiger partial charge in [-0.05, 0) is 25.8 Å². The van der Waals surface area contributed by atoms with Crippen LogP contribution in [0.15, 0.2) is 0 Å². The predicted molar refractivity (Wildman–Crippen MR) is 68.4 cm³/mol. The van der Waals surface area contributed by atoms with E-state index in [0.29, 0.717) is 38.4 Å². The molecule has 0 aromatic heterocycles. The molecule has 0 aromatic rings. The second-order valence-corrected chi connectivity index (χ2v) is 7.00. The van der Waals surface area contributed by atoms with Gasteiger partial charge >= 0.3 is 0 Å². The third-order valence-corrected chi connectivity index (χ3v) is 4.91. The van der Waals surface area contributed by atoms with Crippen molar-refractivity contribution in [3.05, 3.63) is 0 Å². The molecule has 0 aliphatic carbocycles. The fraction of sp³-hybridized carbons (Fsp3) is 1.00. The van der Waals surface area contributed by atoms with E-state index in [0.717, 1.165) is 6.54 Å². The lowest BCUT2D eigenvalue weighted by Gasteiger charge is -2.28. The molecule has 6 heteroatoms. The molecule has 0 saturated carbocycles. The van der Waals surface area contributed by atoms with Crippen molar-refractivity contribution in [3.63, 3.8) is 0 Å². The minimum atomic E-state index is -3.12. The van der Waals surface area contributed by atoms with E-state index in [1.807, 2.05) is 13.8 Å². The van der Waals surface area contributed by atoms with E-state index in [1.165, 1.54) is 4.31 Å². The second kappa shape index (κ2) is 6.68. The van der Waals surface area contributed by atoms with Gasteiger partial charge in [-0.2, -0.15) is 0 Å². The van der Waals surface area contributed by atoms with Crippen LogP contribution in [0.4, 0.5) is 0 Å². The molecule has 0 radical (unpaired) electrons. The Morgan fingerprint density at radius 2 is 1.94 bits per heavy atom. The van der Waals surface area contributed by atoms with E-state index in [4.69, 9.17) is 0 Å². The first kappa shape index (κ1) is 14.9. The molecule has 1 fully saturated rings. The zero-order valence-electron chi connectivity index (χ0n) is 10.7. The lowest BCUT2D eigenvalue weighted by atomic mass is 10.1. The number of nitrogens with zero attached hydrogens (tertiary/aromatic N) is 1. The molecule has 2 N–H and O–H groups in total. The molecule has 17 heavy (non-hydrogen) atoms. The lowest BCUT2D eigenvalue weighted by molar-refractivity contribution is 0.113. The molecule has 0 aromatic carbocycles. The maximum Gasteiger partial charge on any atom is 0.214 e. The van der Waals surface area contributed by atoms with Gasteiger partial charge in [0, 0.05) is 19.1 Å². The van der Waals surface area contributed by atoms with Crippen LogP contribution in [-0.2, 0) is 10.0 Å². The zero-order valence-corrected chi connectivity index (χ0v) is 11.5. The van der Waals surface area contributed by atoms with E-state index in [1.54, 1.807) is 0 Å². The summed E-state index contributed by atoms with van der Waals surface area (Å²) in [5.74, 6) is 0.197. The van der Waals surface area contributed by atoms with Gasteiger partial charge in [0.2, 0.25) is 10.0 Å². The van der Waals surface area contributed by atoms with Gasteiger partial charge in [-0.15, -0.1) is 0 Å². The molecule has 1 heterocycles. The number of aliphatic hydroxyl groups excluding tert-OH is 1. The van der Waals surface area contributed by atoms with Gasteiger partial charge in [0.05, 0.1) is 11.9 Å². The van der Waals surface area contributed by atoms with E-state index in [2.05, 4.69) is 5.32 Å². The van der Waals surface area contributed by atoms with Crippen LogP contribution >= 0.6 is 0 Å². The van der Waals surface area contributed by atoms with Crippen molar-refractivity contribution in [2.75, 3.05) is 25.4 Å². The van der Waals surface area contributed by atoms with Crippen molar-refractivity contribution in [1.82, 2.24) is 9.62 Å². The third-order valence-electron chi connectivity index (χ3n) is 2.95. The molecule has 1 aliphatic rings. The average Bonchev–Trinajstić information content (AvgIpc) is 2.25. The Bertz CT molecular complexity index is 309. The van der Waals surface area contributed by atoms with Crippen LogP contribution in [0.2, 0.25) is 0 Å². The highest BCUT2D eigenvalue weighted by Gasteiger charge is 2.26. The fourth-order valence-corrected chi connectivity index (χ4v) is 3.43. The Morgan fingerprint density at radius 1 is 1.35 bits per heavy atom. The summed E-state index contributed by atoms with van der Waals surface area (Å²) >= 11 is 0. The summed E-state index contributed by atoms with van der Waals surface area (Å²) in [6.07, 6.45) is 1.43. The molecule has 0 bridgehead atoms. The first-order valence-corrected chi connectivity index (χ1v) is 7.92. The Balaban J connectivity index is 2.30. The number of piperidine rings is 1. The van der Waals surface area contributed by atoms with E-state index < -0.39 is 10.0 Å². The smallest absolute Gasteiger partial charge is 0.214 e. The zero-order chi connectivity index (χ0) is 12.9. The van der Waals surface area contributed by atoms with Crippen molar-refractivity contribution in [2.24, 2.45) is 0 Å². The Hall–Kier alpha value is -0.170. The van der Waals surface area contributed by atoms with Crippen LogP contribution in [-0.4, -0.2) is 55.4 Å². The second-order valence-electron chi connectivity index (χ2n) is 4.91. The summed E-state index contributed by atoms with van der Waals surface area (Å²) in [5.41, 5.74) is 0. The summed E-state index contributed by atoms with van der Waals surface area (Å²) in [6, 6.07) is 0.392. The number of aliphatic hydroxyl groups is 1. The summed E-state index contributed by atoms with van der Waals surface area (Å²) in [7, 11) is -3.12. The summed E-state index contributed by atoms with van der Waals surface area (Å²) in [4.78, 5) is 0. The molecule has 1 rings (SSSR count). The Labute approximate surface area is 104 Å². The molecule has 1 aliphatic heterocycles. The van der Waals surface area contributed by atoms with Gasteiger partial charge in [0.15, 0.2) is 0 Å². The van der Waals surface area contributed by atoms with Crippen LogP contribution in [0.3, 0.4) is 0 Å². The SMILES string of the molecule is CC(C)NCCCS(=O)(=O)N1CCC(O)CC1. The highest BCUT2D eigenvalue weighted by Crippen LogP contribution is 2.14. The van der Waals surface area contributed by atoms with E-state index in [9.17, 15) is 13.5 Å². The van der Waals surface area contributed by atoms with Crippen LogP contribution in [0.1, 0.15) is 33.1 Å². The Morgan fingerprint density at radius 3 is 2.47 bits per heavy atom. The maximum atomic E-state index is 12.0. The molecular formula is C11H24N2O3S. The molecule has 0 atom stereocenters. The van der Waals surface area contributed by atoms with Crippen molar-refractivity contribution in [3.8, 4) is 0 Å². The van der Waals surface area contributed by atoms with Gasteiger partial charge in [-0.25, -0.2) is 12.7 Å². The number of rotatable bonds is 6. The highest BCUT2D eigenvalue weighted by atomic mass is 32.2. The standard InChI is InChI=1S/C11H24N2O3S/c1-10(2)12-6-3-9-17(15,16)13-7-4-11(14)5-8-13/h10-12,14H,3-9H2,1-2H3. The summed E-state index contributed by atoms with van der Waals surface area (Å²) in [6.45, 7) is 5.73. The molecule has 102 valence electrons. The maximum absolute atomic E-state index is 12.0. The topological polar surface area (TPSA) is 69.6 Å². The van der Waals surface area contributed by atoms with Crippen molar-refractivity contribution in [2.45, 2.75) is 45.3 Å². The molecule has 0 amide bonds. The van der Waals surface area contributed by atoms with Crippen molar-refractivity contribution in [1.29, 1.82) is 0 Å². The monoisotopic (exact) mass is 264 g/mol.